The van der Waals surface area contributed by atoms with Crippen LogP contribution in [0.2, 0.25) is 5.02 Å². The first-order valence-corrected chi connectivity index (χ1v) is 7.22. The number of rotatable bonds is 2. The van der Waals surface area contributed by atoms with Crippen molar-refractivity contribution in [3.05, 3.63) is 17.2 Å². The molecule has 2 aliphatic rings. The summed E-state index contributed by atoms with van der Waals surface area (Å²) >= 11 is 6.18. The fourth-order valence-corrected chi connectivity index (χ4v) is 2.67. The summed E-state index contributed by atoms with van der Waals surface area (Å²) in [7, 11) is 0. The van der Waals surface area contributed by atoms with Crippen LogP contribution in [0.15, 0.2) is 12.1 Å². The lowest BCUT2D eigenvalue weighted by atomic mass is 9.99. The van der Waals surface area contributed by atoms with Crippen LogP contribution in [0.25, 0.3) is 0 Å². The number of carbonyl (C=O) groups excluding carboxylic acids is 1. The molecule has 0 saturated carbocycles. The SMILES string of the molecule is O=C(Nc1cc2c(cc1Cl)OCCO2)[C@H]1CCCNC1. The molecule has 2 aliphatic heterocycles. The zero-order valence-electron chi connectivity index (χ0n) is 11.1. The molecule has 6 heteroatoms. The first-order valence-electron chi connectivity index (χ1n) is 6.85. The normalized spacial score (nSPS) is 21.4. The second-order valence-corrected chi connectivity index (χ2v) is 5.42. The first kappa shape index (κ1) is 13.5. The fourth-order valence-electron chi connectivity index (χ4n) is 2.47. The zero-order chi connectivity index (χ0) is 13.9. The van der Waals surface area contributed by atoms with Crippen LogP contribution < -0.4 is 20.1 Å². The lowest BCUT2D eigenvalue weighted by molar-refractivity contribution is -0.120. The van der Waals surface area contributed by atoms with Gasteiger partial charge in [-0.05, 0) is 19.4 Å². The van der Waals surface area contributed by atoms with Gasteiger partial charge in [0.25, 0.3) is 0 Å². The van der Waals surface area contributed by atoms with Gasteiger partial charge >= 0.3 is 0 Å². The molecule has 0 spiro atoms. The Balaban J connectivity index is 1.74. The second kappa shape index (κ2) is 5.89. The summed E-state index contributed by atoms with van der Waals surface area (Å²) in [5, 5.41) is 6.58. The summed E-state index contributed by atoms with van der Waals surface area (Å²) in [5.41, 5.74) is 0.575. The van der Waals surface area contributed by atoms with Crippen molar-refractivity contribution in [3.8, 4) is 11.5 Å². The van der Waals surface area contributed by atoms with E-state index in [1.54, 1.807) is 12.1 Å². The van der Waals surface area contributed by atoms with Crippen LogP contribution in [-0.2, 0) is 4.79 Å². The van der Waals surface area contributed by atoms with Gasteiger partial charge in [0, 0.05) is 18.7 Å². The van der Waals surface area contributed by atoms with Crippen molar-refractivity contribution in [1.82, 2.24) is 5.32 Å². The molecule has 0 aliphatic carbocycles. The molecular weight excluding hydrogens is 280 g/mol. The number of halogens is 1. The molecule has 0 unspecified atom stereocenters. The Bertz CT molecular complexity index is 515. The number of fused-ring (bicyclic) bond motifs is 1. The summed E-state index contributed by atoms with van der Waals surface area (Å²) in [6.07, 6.45) is 1.92. The summed E-state index contributed by atoms with van der Waals surface area (Å²) in [6.45, 7) is 2.72. The second-order valence-electron chi connectivity index (χ2n) is 5.01. The molecule has 0 radical (unpaired) electrons. The predicted octanol–water partition coefficient (Wildman–Crippen LogP) is 2.05. The molecule has 108 valence electrons. The molecule has 3 rings (SSSR count). The topological polar surface area (TPSA) is 59.6 Å². The Labute approximate surface area is 122 Å². The van der Waals surface area contributed by atoms with E-state index in [0.717, 1.165) is 19.4 Å². The van der Waals surface area contributed by atoms with Gasteiger partial charge in [-0.3, -0.25) is 4.79 Å². The van der Waals surface area contributed by atoms with Crippen LogP contribution in [0.5, 0.6) is 11.5 Å². The molecule has 2 N–H and O–H groups in total. The molecule has 1 atom stereocenters. The average Bonchev–Trinajstić information content (AvgIpc) is 2.49. The number of amides is 1. The molecule has 1 aromatic rings. The van der Waals surface area contributed by atoms with Crippen molar-refractivity contribution < 1.29 is 14.3 Å². The molecular formula is C14H17ClN2O3. The number of piperidine rings is 1. The number of hydrogen-bond donors (Lipinski definition) is 2. The largest absolute Gasteiger partial charge is 0.486 e. The Morgan fingerprint density at radius 2 is 2.05 bits per heavy atom. The van der Waals surface area contributed by atoms with Crippen LogP contribution in [0, 0.1) is 5.92 Å². The quantitative estimate of drug-likeness (QED) is 0.877. The van der Waals surface area contributed by atoms with Gasteiger partial charge in [0.2, 0.25) is 5.91 Å². The zero-order valence-corrected chi connectivity index (χ0v) is 11.8. The van der Waals surface area contributed by atoms with Crippen molar-refractivity contribution >= 4 is 23.2 Å². The van der Waals surface area contributed by atoms with Gasteiger partial charge in [0.05, 0.1) is 16.6 Å². The number of carbonyl (C=O) groups is 1. The molecule has 2 heterocycles. The van der Waals surface area contributed by atoms with E-state index in [0.29, 0.717) is 42.0 Å². The Morgan fingerprint density at radius 1 is 1.30 bits per heavy atom. The van der Waals surface area contributed by atoms with Crippen LogP contribution in [0.1, 0.15) is 12.8 Å². The highest BCUT2D eigenvalue weighted by Crippen LogP contribution is 2.38. The third kappa shape index (κ3) is 2.83. The van der Waals surface area contributed by atoms with Crippen molar-refractivity contribution in [1.29, 1.82) is 0 Å². The van der Waals surface area contributed by atoms with Gasteiger partial charge in [-0.2, -0.15) is 0 Å². The first-order chi connectivity index (χ1) is 9.74. The minimum Gasteiger partial charge on any atom is -0.486 e. The molecule has 1 amide bonds. The van der Waals surface area contributed by atoms with Gasteiger partial charge in [-0.1, -0.05) is 11.6 Å². The van der Waals surface area contributed by atoms with Crippen LogP contribution in [0.4, 0.5) is 5.69 Å². The van der Waals surface area contributed by atoms with Gasteiger partial charge < -0.3 is 20.1 Å². The summed E-state index contributed by atoms with van der Waals surface area (Å²) in [4.78, 5) is 12.2. The summed E-state index contributed by atoms with van der Waals surface area (Å²) in [5.74, 6) is 1.24. The van der Waals surface area contributed by atoms with Gasteiger partial charge in [0.1, 0.15) is 13.2 Å². The minimum absolute atomic E-state index is 0.00391. The molecule has 5 nitrogen and oxygen atoms in total. The van der Waals surface area contributed by atoms with Gasteiger partial charge in [-0.25, -0.2) is 0 Å². The third-order valence-corrected chi connectivity index (χ3v) is 3.87. The lowest BCUT2D eigenvalue weighted by Crippen LogP contribution is -2.37. The van der Waals surface area contributed by atoms with E-state index in [1.165, 1.54) is 0 Å². The van der Waals surface area contributed by atoms with Crippen molar-refractivity contribution in [2.45, 2.75) is 12.8 Å². The standard InChI is InChI=1S/C14H17ClN2O3/c15-10-6-12-13(20-5-4-19-12)7-11(10)17-14(18)9-2-1-3-16-8-9/h6-7,9,16H,1-5,8H2,(H,17,18)/t9-/m0/s1. The van der Waals surface area contributed by atoms with Crippen LogP contribution in [0.3, 0.4) is 0 Å². The Kier molecular flexibility index (Phi) is 3.98. The molecule has 1 aromatic carbocycles. The number of anilines is 1. The van der Waals surface area contributed by atoms with Crippen molar-refractivity contribution in [2.75, 3.05) is 31.6 Å². The number of benzene rings is 1. The third-order valence-electron chi connectivity index (χ3n) is 3.56. The van der Waals surface area contributed by atoms with E-state index in [9.17, 15) is 4.79 Å². The maximum absolute atomic E-state index is 12.2. The Hall–Kier alpha value is -1.46. The molecule has 1 fully saturated rings. The molecule has 0 bridgehead atoms. The van der Waals surface area contributed by atoms with E-state index in [4.69, 9.17) is 21.1 Å². The van der Waals surface area contributed by atoms with E-state index in [2.05, 4.69) is 10.6 Å². The number of hydrogen-bond acceptors (Lipinski definition) is 4. The number of ether oxygens (including phenoxy) is 2. The predicted molar refractivity (Wildman–Crippen MR) is 76.7 cm³/mol. The van der Waals surface area contributed by atoms with E-state index < -0.39 is 0 Å². The smallest absolute Gasteiger partial charge is 0.228 e. The molecule has 1 saturated heterocycles. The maximum atomic E-state index is 12.2. The molecule has 0 aromatic heterocycles. The highest BCUT2D eigenvalue weighted by molar-refractivity contribution is 6.34. The van der Waals surface area contributed by atoms with Crippen molar-refractivity contribution in [2.24, 2.45) is 5.92 Å². The van der Waals surface area contributed by atoms with Crippen LogP contribution in [-0.4, -0.2) is 32.2 Å². The highest BCUT2D eigenvalue weighted by Gasteiger charge is 2.23. The molecule has 20 heavy (non-hydrogen) atoms. The fraction of sp³-hybridized carbons (Fsp3) is 0.500. The number of nitrogens with one attached hydrogen (secondary N) is 2. The Morgan fingerprint density at radius 3 is 2.75 bits per heavy atom. The van der Waals surface area contributed by atoms with E-state index >= 15 is 0 Å². The average molecular weight is 297 g/mol. The van der Waals surface area contributed by atoms with E-state index in [1.807, 2.05) is 0 Å². The summed E-state index contributed by atoms with van der Waals surface area (Å²) in [6, 6.07) is 3.41. The van der Waals surface area contributed by atoms with E-state index in [-0.39, 0.29) is 11.8 Å². The minimum atomic E-state index is -0.00647. The maximum Gasteiger partial charge on any atom is 0.228 e. The highest BCUT2D eigenvalue weighted by atomic mass is 35.5. The van der Waals surface area contributed by atoms with Crippen LogP contribution >= 0.6 is 11.6 Å². The van der Waals surface area contributed by atoms with Crippen molar-refractivity contribution in [3.63, 3.8) is 0 Å². The lowest BCUT2D eigenvalue weighted by Gasteiger charge is -2.23. The van der Waals surface area contributed by atoms with Gasteiger partial charge in [-0.15, -0.1) is 0 Å². The monoisotopic (exact) mass is 296 g/mol. The van der Waals surface area contributed by atoms with Gasteiger partial charge in [0.15, 0.2) is 11.5 Å². The summed E-state index contributed by atoms with van der Waals surface area (Å²) < 4.78 is 10.9.